The van der Waals surface area contributed by atoms with Gasteiger partial charge in [0.1, 0.15) is 11.5 Å². The van der Waals surface area contributed by atoms with Gasteiger partial charge in [-0.25, -0.2) is 5.06 Å². The second kappa shape index (κ2) is 7.76. The van der Waals surface area contributed by atoms with E-state index in [9.17, 15) is 4.79 Å². The first kappa shape index (κ1) is 17.0. The molecule has 2 rings (SSSR count). The molecule has 5 heteroatoms. The molecule has 2 aromatic rings. The van der Waals surface area contributed by atoms with Gasteiger partial charge in [0.2, 0.25) is 0 Å². The number of amides is 1. The predicted molar refractivity (Wildman–Crippen MR) is 89.5 cm³/mol. The van der Waals surface area contributed by atoms with Crippen LogP contribution in [0, 0.1) is 0 Å². The van der Waals surface area contributed by atoms with Crippen molar-refractivity contribution in [2.75, 3.05) is 28.3 Å². The molecule has 0 atom stereocenters. The third-order valence-electron chi connectivity index (χ3n) is 3.30. The Morgan fingerprint density at radius 1 is 1.00 bits per heavy atom. The summed E-state index contributed by atoms with van der Waals surface area (Å²) in [7, 11) is 7.08. The van der Waals surface area contributed by atoms with Crippen molar-refractivity contribution in [1.29, 1.82) is 0 Å². The molecule has 0 aliphatic carbocycles. The highest BCUT2D eigenvalue weighted by Gasteiger charge is 2.12. The number of nitrogens with zero attached hydrogens (tertiary/aromatic N) is 2. The van der Waals surface area contributed by atoms with Gasteiger partial charge < -0.3 is 9.64 Å². The van der Waals surface area contributed by atoms with Crippen LogP contribution >= 0.6 is 0 Å². The zero-order valence-corrected chi connectivity index (χ0v) is 13.9. The number of hydrogen-bond donors (Lipinski definition) is 0. The average molecular weight is 314 g/mol. The molecular weight excluding hydrogens is 292 g/mol. The Balaban J connectivity index is 2.10. The quantitative estimate of drug-likeness (QED) is 0.768. The Bertz CT molecular complexity index is 654. The van der Waals surface area contributed by atoms with E-state index in [0.717, 1.165) is 12.3 Å². The molecule has 2 aromatic carbocycles. The van der Waals surface area contributed by atoms with Crippen LogP contribution in [0.1, 0.15) is 15.9 Å². The van der Waals surface area contributed by atoms with Crippen molar-refractivity contribution in [1.82, 2.24) is 9.96 Å². The van der Waals surface area contributed by atoms with E-state index >= 15 is 0 Å². The minimum Gasteiger partial charge on any atom is -0.457 e. The van der Waals surface area contributed by atoms with Crippen molar-refractivity contribution in [3.63, 3.8) is 0 Å². The molecule has 0 spiro atoms. The zero-order chi connectivity index (χ0) is 16.8. The molecule has 0 saturated heterocycles. The Labute approximate surface area is 137 Å². The highest BCUT2D eigenvalue weighted by Crippen LogP contribution is 2.23. The van der Waals surface area contributed by atoms with Crippen LogP contribution in [0.25, 0.3) is 0 Å². The van der Waals surface area contributed by atoms with Crippen LogP contribution in [0.2, 0.25) is 0 Å². The molecule has 0 radical (unpaired) electrons. The van der Waals surface area contributed by atoms with Crippen LogP contribution < -0.4 is 4.74 Å². The smallest absolute Gasteiger partial charge is 0.277 e. The summed E-state index contributed by atoms with van der Waals surface area (Å²) in [6.07, 6.45) is 0. The van der Waals surface area contributed by atoms with Crippen LogP contribution in [0.15, 0.2) is 48.5 Å². The summed E-state index contributed by atoms with van der Waals surface area (Å²) < 4.78 is 5.82. The van der Waals surface area contributed by atoms with Crippen molar-refractivity contribution in [3.05, 3.63) is 59.7 Å². The normalized spacial score (nSPS) is 10.7. The van der Waals surface area contributed by atoms with E-state index < -0.39 is 0 Å². The zero-order valence-electron chi connectivity index (χ0n) is 13.9. The molecule has 0 aliphatic heterocycles. The lowest BCUT2D eigenvalue weighted by Crippen LogP contribution is -2.25. The Kier molecular flexibility index (Phi) is 5.73. The second-order valence-electron chi connectivity index (χ2n) is 5.50. The van der Waals surface area contributed by atoms with Gasteiger partial charge in [-0.05, 0) is 50.0 Å². The summed E-state index contributed by atoms with van der Waals surface area (Å²) in [4.78, 5) is 19.1. The van der Waals surface area contributed by atoms with Crippen molar-refractivity contribution < 1.29 is 14.4 Å². The van der Waals surface area contributed by atoms with Crippen LogP contribution in [-0.4, -0.2) is 44.1 Å². The van der Waals surface area contributed by atoms with Gasteiger partial charge in [0.15, 0.2) is 0 Å². The summed E-state index contributed by atoms with van der Waals surface area (Å²) in [5, 5.41) is 1.18. The monoisotopic (exact) mass is 314 g/mol. The topological polar surface area (TPSA) is 42.0 Å². The van der Waals surface area contributed by atoms with Gasteiger partial charge in [0.05, 0.1) is 7.11 Å². The number of carbonyl (C=O) groups is 1. The summed E-state index contributed by atoms with van der Waals surface area (Å²) in [6.45, 7) is 0.883. The van der Waals surface area contributed by atoms with Crippen LogP contribution in [0.5, 0.6) is 11.5 Å². The summed E-state index contributed by atoms with van der Waals surface area (Å²) in [5.41, 5.74) is 1.73. The number of rotatable bonds is 6. The van der Waals surface area contributed by atoms with E-state index in [-0.39, 0.29) is 5.91 Å². The molecule has 1 amide bonds. The number of hydrogen-bond acceptors (Lipinski definition) is 4. The maximum Gasteiger partial charge on any atom is 0.277 e. The Morgan fingerprint density at radius 3 is 2.30 bits per heavy atom. The van der Waals surface area contributed by atoms with Crippen molar-refractivity contribution in [2.45, 2.75) is 6.54 Å². The second-order valence-corrected chi connectivity index (χ2v) is 5.50. The van der Waals surface area contributed by atoms with Gasteiger partial charge in [-0.3, -0.25) is 9.63 Å². The van der Waals surface area contributed by atoms with Gasteiger partial charge >= 0.3 is 0 Å². The minimum absolute atomic E-state index is 0.223. The lowest BCUT2D eigenvalue weighted by molar-refractivity contribution is -0.0757. The minimum atomic E-state index is -0.223. The fourth-order valence-electron chi connectivity index (χ4n) is 2.12. The molecule has 0 aliphatic rings. The number of ether oxygens (including phenoxy) is 1. The molecule has 0 N–H and O–H groups in total. The summed E-state index contributed by atoms with van der Waals surface area (Å²) in [5.74, 6) is 1.12. The predicted octanol–water partition coefficient (Wildman–Crippen LogP) is 3.17. The Morgan fingerprint density at radius 2 is 1.70 bits per heavy atom. The van der Waals surface area contributed by atoms with Gasteiger partial charge in [-0.2, -0.15) is 0 Å². The van der Waals surface area contributed by atoms with Crippen LogP contribution in [0.3, 0.4) is 0 Å². The highest BCUT2D eigenvalue weighted by atomic mass is 16.7. The van der Waals surface area contributed by atoms with Gasteiger partial charge in [0, 0.05) is 19.2 Å². The molecular formula is C18H22N2O3. The van der Waals surface area contributed by atoms with Crippen LogP contribution in [-0.2, 0) is 11.4 Å². The molecule has 0 heterocycles. The third-order valence-corrected chi connectivity index (χ3v) is 3.30. The molecule has 23 heavy (non-hydrogen) atoms. The molecule has 0 bridgehead atoms. The first-order valence-corrected chi connectivity index (χ1v) is 7.33. The van der Waals surface area contributed by atoms with E-state index in [1.54, 1.807) is 25.2 Å². The number of benzene rings is 2. The van der Waals surface area contributed by atoms with Gasteiger partial charge in [-0.1, -0.05) is 18.2 Å². The van der Waals surface area contributed by atoms with E-state index in [1.165, 1.54) is 17.7 Å². The number of hydroxylamine groups is 2. The maximum atomic E-state index is 12.1. The lowest BCUT2D eigenvalue weighted by atomic mass is 10.2. The van der Waals surface area contributed by atoms with Crippen molar-refractivity contribution in [2.24, 2.45) is 0 Å². The van der Waals surface area contributed by atoms with E-state index in [4.69, 9.17) is 9.57 Å². The molecule has 0 aromatic heterocycles. The Hall–Kier alpha value is -2.37. The fourth-order valence-corrected chi connectivity index (χ4v) is 2.12. The lowest BCUT2D eigenvalue weighted by Gasteiger charge is -2.14. The molecule has 0 fully saturated rings. The van der Waals surface area contributed by atoms with Gasteiger partial charge in [-0.15, -0.1) is 0 Å². The first-order valence-electron chi connectivity index (χ1n) is 7.33. The first-order chi connectivity index (χ1) is 11.0. The fraction of sp³-hybridized carbons (Fsp3) is 0.278. The molecule has 122 valence electrons. The molecule has 0 unspecified atom stereocenters. The number of carbonyl (C=O) groups excluding carboxylic acids is 1. The highest BCUT2D eigenvalue weighted by molar-refractivity contribution is 5.93. The van der Waals surface area contributed by atoms with Crippen molar-refractivity contribution in [3.8, 4) is 11.5 Å². The summed E-state index contributed by atoms with van der Waals surface area (Å²) >= 11 is 0. The van der Waals surface area contributed by atoms with Crippen molar-refractivity contribution >= 4 is 5.91 Å². The van der Waals surface area contributed by atoms with E-state index in [2.05, 4.69) is 4.90 Å². The molecule has 5 nitrogen and oxygen atoms in total. The van der Waals surface area contributed by atoms with Crippen LogP contribution in [0.4, 0.5) is 0 Å². The standard InChI is InChI=1S/C18H22N2O3/c1-19(2)13-14-8-10-16(11-9-14)23-17-7-5-6-15(12-17)18(21)20(3)22-4/h5-12H,13H2,1-4H3. The van der Waals surface area contributed by atoms with Gasteiger partial charge in [0.25, 0.3) is 5.91 Å². The maximum absolute atomic E-state index is 12.1. The van der Waals surface area contributed by atoms with E-state index in [1.807, 2.05) is 44.4 Å². The largest absolute Gasteiger partial charge is 0.457 e. The third kappa shape index (κ3) is 4.81. The molecule has 0 saturated carbocycles. The summed E-state index contributed by atoms with van der Waals surface area (Å²) in [6, 6.07) is 14.9. The average Bonchev–Trinajstić information content (AvgIpc) is 2.55. The SMILES string of the molecule is CON(C)C(=O)c1cccc(Oc2ccc(CN(C)C)cc2)c1. The van der Waals surface area contributed by atoms with E-state index in [0.29, 0.717) is 11.3 Å².